The second-order valence-electron chi connectivity index (χ2n) is 5.26. The molecule has 6 nitrogen and oxygen atoms in total. The molecular weight excluding hydrogens is 352 g/mol. The molecule has 132 valence electrons. The van der Waals surface area contributed by atoms with E-state index in [1.807, 2.05) is 18.2 Å². The van der Waals surface area contributed by atoms with E-state index in [1.54, 1.807) is 26.1 Å². The van der Waals surface area contributed by atoms with Gasteiger partial charge in [-0.15, -0.1) is 11.6 Å². The third kappa shape index (κ3) is 6.05. The van der Waals surface area contributed by atoms with Crippen molar-refractivity contribution >= 4 is 46.8 Å². The van der Waals surface area contributed by atoms with Crippen LogP contribution >= 0.6 is 23.4 Å². The van der Waals surface area contributed by atoms with Crippen molar-refractivity contribution in [3.63, 3.8) is 0 Å². The van der Waals surface area contributed by atoms with Crippen LogP contribution in [0.2, 0.25) is 0 Å². The van der Waals surface area contributed by atoms with Crippen LogP contribution in [0.3, 0.4) is 0 Å². The molecule has 0 heterocycles. The van der Waals surface area contributed by atoms with Gasteiger partial charge in [0.1, 0.15) is 11.4 Å². The summed E-state index contributed by atoms with van der Waals surface area (Å²) in [5.41, 5.74) is 0.729. The Morgan fingerprint density at radius 3 is 2.38 bits per heavy atom. The Kier molecular flexibility index (Phi) is 8.07. The number of halogens is 1. The topological polar surface area (TPSA) is 86.7 Å². The fourth-order valence-electron chi connectivity index (χ4n) is 1.92. The van der Waals surface area contributed by atoms with Crippen molar-refractivity contribution in [3.05, 3.63) is 30.3 Å². The summed E-state index contributed by atoms with van der Waals surface area (Å²) in [7, 11) is 1.64. The first-order valence-electron chi connectivity index (χ1n) is 7.32. The van der Waals surface area contributed by atoms with Crippen molar-refractivity contribution in [1.82, 2.24) is 5.32 Å². The van der Waals surface area contributed by atoms with Crippen molar-refractivity contribution in [1.29, 1.82) is 0 Å². The highest BCUT2D eigenvalue weighted by Gasteiger charge is 2.28. The number of para-hydroxylation sites is 1. The van der Waals surface area contributed by atoms with E-state index in [-0.39, 0.29) is 16.9 Å². The first-order chi connectivity index (χ1) is 11.2. The van der Waals surface area contributed by atoms with Crippen LogP contribution in [-0.4, -0.2) is 52.4 Å². The SMILES string of the molecule is CC(=O)NC(CSC(C)C(Cl)C(=O)N(C)c1ccccc1)C(=O)O. The zero-order valence-corrected chi connectivity index (χ0v) is 15.3. The van der Waals surface area contributed by atoms with Gasteiger partial charge >= 0.3 is 5.97 Å². The molecule has 3 atom stereocenters. The van der Waals surface area contributed by atoms with Gasteiger partial charge in [0.2, 0.25) is 11.8 Å². The summed E-state index contributed by atoms with van der Waals surface area (Å²) in [6.07, 6.45) is 0. The van der Waals surface area contributed by atoms with Crippen LogP contribution in [0.5, 0.6) is 0 Å². The van der Waals surface area contributed by atoms with Gasteiger partial charge in [0, 0.05) is 30.7 Å². The molecule has 0 aliphatic carbocycles. The van der Waals surface area contributed by atoms with Gasteiger partial charge in [0.15, 0.2) is 0 Å². The zero-order chi connectivity index (χ0) is 18.3. The van der Waals surface area contributed by atoms with Gasteiger partial charge < -0.3 is 15.3 Å². The lowest BCUT2D eigenvalue weighted by atomic mass is 10.2. The summed E-state index contributed by atoms with van der Waals surface area (Å²) in [6.45, 7) is 3.01. The monoisotopic (exact) mass is 372 g/mol. The molecule has 0 saturated carbocycles. The number of carboxylic acid groups (broad SMARTS) is 1. The number of benzene rings is 1. The molecule has 8 heteroatoms. The molecule has 2 N–H and O–H groups in total. The molecule has 1 aromatic carbocycles. The van der Waals surface area contributed by atoms with E-state index < -0.39 is 23.3 Å². The lowest BCUT2D eigenvalue weighted by Gasteiger charge is -2.24. The Morgan fingerprint density at radius 1 is 1.29 bits per heavy atom. The number of alkyl halides is 1. The van der Waals surface area contributed by atoms with Crippen LogP contribution < -0.4 is 10.2 Å². The molecule has 2 amide bonds. The van der Waals surface area contributed by atoms with Crippen LogP contribution in [0.1, 0.15) is 13.8 Å². The molecule has 0 radical (unpaired) electrons. The van der Waals surface area contributed by atoms with Crippen molar-refractivity contribution in [3.8, 4) is 0 Å². The van der Waals surface area contributed by atoms with Crippen molar-refractivity contribution < 1.29 is 19.5 Å². The minimum absolute atomic E-state index is 0.127. The molecule has 1 aromatic rings. The fourth-order valence-corrected chi connectivity index (χ4v) is 3.29. The lowest BCUT2D eigenvalue weighted by Crippen LogP contribution is -2.43. The average Bonchev–Trinajstić information content (AvgIpc) is 2.56. The summed E-state index contributed by atoms with van der Waals surface area (Å²) >= 11 is 7.48. The van der Waals surface area contributed by atoms with E-state index in [1.165, 1.54) is 23.6 Å². The molecule has 0 bridgehead atoms. The van der Waals surface area contributed by atoms with Gasteiger partial charge in [-0.25, -0.2) is 4.79 Å². The molecule has 0 saturated heterocycles. The molecule has 24 heavy (non-hydrogen) atoms. The van der Waals surface area contributed by atoms with Crippen molar-refractivity contribution in [2.45, 2.75) is 30.5 Å². The molecule has 0 fully saturated rings. The Morgan fingerprint density at radius 2 is 1.88 bits per heavy atom. The number of nitrogens with zero attached hydrogens (tertiary/aromatic N) is 1. The number of aliphatic carboxylic acids is 1. The van der Waals surface area contributed by atoms with Crippen LogP contribution in [0.25, 0.3) is 0 Å². The van der Waals surface area contributed by atoms with Gasteiger partial charge in [-0.2, -0.15) is 11.8 Å². The molecule has 0 aromatic heterocycles. The quantitative estimate of drug-likeness (QED) is 0.681. The Balaban J connectivity index is 2.63. The van der Waals surface area contributed by atoms with Crippen molar-refractivity contribution in [2.75, 3.05) is 17.7 Å². The number of rotatable bonds is 8. The molecule has 0 spiro atoms. The average molecular weight is 373 g/mol. The number of carbonyl (C=O) groups is 3. The first kappa shape index (κ1) is 20.3. The highest BCUT2D eigenvalue weighted by atomic mass is 35.5. The van der Waals surface area contributed by atoms with Crippen LogP contribution in [0.15, 0.2) is 30.3 Å². The van der Waals surface area contributed by atoms with E-state index in [2.05, 4.69) is 5.32 Å². The van der Waals surface area contributed by atoms with Crippen LogP contribution in [0, 0.1) is 0 Å². The fraction of sp³-hybridized carbons (Fsp3) is 0.438. The number of carbonyl (C=O) groups excluding carboxylic acids is 2. The van der Waals surface area contributed by atoms with Gasteiger partial charge in [-0.05, 0) is 12.1 Å². The summed E-state index contributed by atoms with van der Waals surface area (Å²) in [5, 5.41) is 10.3. The number of carboxylic acids is 1. The van der Waals surface area contributed by atoms with Crippen molar-refractivity contribution in [2.24, 2.45) is 0 Å². The normalized spacial score (nSPS) is 14.3. The number of nitrogens with one attached hydrogen (secondary N) is 1. The Bertz CT molecular complexity index is 585. The first-order valence-corrected chi connectivity index (χ1v) is 8.80. The van der Waals surface area contributed by atoms with Gasteiger partial charge in [0.25, 0.3) is 0 Å². The molecular formula is C16H21ClN2O4S. The molecule has 3 unspecified atom stereocenters. The van der Waals surface area contributed by atoms with E-state index >= 15 is 0 Å². The predicted octanol–water partition coefficient (Wildman–Crippen LogP) is 1.97. The second kappa shape index (κ2) is 9.54. The Hall–Kier alpha value is -1.73. The van der Waals surface area contributed by atoms with Gasteiger partial charge in [-0.1, -0.05) is 25.1 Å². The summed E-state index contributed by atoms with van der Waals surface area (Å²) in [4.78, 5) is 36.0. The minimum atomic E-state index is -1.12. The van der Waals surface area contributed by atoms with E-state index in [0.29, 0.717) is 0 Å². The number of hydrogen-bond donors (Lipinski definition) is 2. The number of amides is 2. The maximum atomic E-state index is 12.4. The zero-order valence-electron chi connectivity index (χ0n) is 13.7. The number of hydrogen-bond acceptors (Lipinski definition) is 4. The standard InChI is InChI=1S/C16H21ClN2O4S/c1-10(24-9-13(16(22)23)18-11(2)20)14(17)15(21)19(3)12-7-5-4-6-8-12/h4-8,10,13-14H,9H2,1-3H3,(H,18,20)(H,22,23). The second-order valence-corrected chi connectivity index (χ2v) is 7.14. The maximum Gasteiger partial charge on any atom is 0.327 e. The van der Waals surface area contributed by atoms with Crippen LogP contribution in [-0.2, 0) is 14.4 Å². The maximum absolute atomic E-state index is 12.4. The molecule has 0 aliphatic rings. The highest BCUT2D eigenvalue weighted by Crippen LogP contribution is 2.23. The summed E-state index contributed by atoms with van der Waals surface area (Å²) in [5.74, 6) is -1.68. The largest absolute Gasteiger partial charge is 0.480 e. The number of thioether (sulfide) groups is 1. The van der Waals surface area contributed by atoms with E-state index in [9.17, 15) is 14.4 Å². The third-order valence-electron chi connectivity index (χ3n) is 3.32. The third-order valence-corrected chi connectivity index (χ3v) is 5.36. The van der Waals surface area contributed by atoms with E-state index in [0.717, 1.165) is 5.69 Å². The molecule has 0 aliphatic heterocycles. The smallest absolute Gasteiger partial charge is 0.327 e. The van der Waals surface area contributed by atoms with Crippen LogP contribution in [0.4, 0.5) is 5.69 Å². The van der Waals surface area contributed by atoms with E-state index in [4.69, 9.17) is 16.7 Å². The highest BCUT2D eigenvalue weighted by molar-refractivity contribution is 8.00. The predicted molar refractivity (Wildman–Crippen MR) is 96.7 cm³/mol. The minimum Gasteiger partial charge on any atom is -0.480 e. The summed E-state index contributed by atoms with van der Waals surface area (Å²) < 4.78 is 0. The van der Waals surface area contributed by atoms with Gasteiger partial charge in [0.05, 0.1) is 0 Å². The number of anilines is 1. The molecule has 1 rings (SSSR count). The lowest BCUT2D eigenvalue weighted by molar-refractivity contribution is -0.140. The summed E-state index contributed by atoms with van der Waals surface area (Å²) in [6, 6.07) is 8.09. The van der Waals surface area contributed by atoms with Gasteiger partial charge in [-0.3, -0.25) is 9.59 Å². The Labute approximate surface area is 150 Å².